The number of aliphatic hydroxyl groups is 3. The zero-order chi connectivity index (χ0) is 12.9. The number of aliphatic hydroxyl groups excluding tert-OH is 3. The van der Waals surface area contributed by atoms with Gasteiger partial charge in [0.25, 0.3) is 0 Å². The fourth-order valence-corrected chi connectivity index (χ4v) is 2.12. The number of hydrogen-bond acceptors (Lipinski definition) is 7. The second-order valence-corrected chi connectivity index (χ2v) is 4.34. The first kappa shape index (κ1) is 11.7. The van der Waals surface area contributed by atoms with Crippen molar-refractivity contribution >= 4 is 23.3 Å². The van der Waals surface area contributed by atoms with Crippen LogP contribution in [-0.4, -0.2) is 53.6 Å². The molecule has 3 rings (SSSR count). The van der Waals surface area contributed by atoms with E-state index in [1.54, 1.807) is 0 Å². The van der Waals surface area contributed by atoms with Gasteiger partial charge < -0.3 is 25.0 Å². The molecule has 0 saturated carbocycles. The number of ether oxygens (including phenoxy) is 1. The Morgan fingerprint density at radius 3 is 2.78 bits per heavy atom. The Morgan fingerprint density at radius 1 is 1.33 bits per heavy atom. The van der Waals surface area contributed by atoms with Crippen molar-refractivity contribution in [1.82, 2.24) is 19.7 Å². The van der Waals surface area contributed by atoms with Crippen LogP contribution in [0, 0.1) is 4.64 Å². The molecule has 1 fully saturated rings. The minimum absolute atomic E-state index is 0.364. The number of nitrogens with zero attached hydrogens (tertiary/aromatic N) is 3. The minimum Gasteiger partial charge on any atom is -0.385 e. The lowest BCUT2D eigenvalue weighted by Gasteiger charge is -2.15. The van der Waals surface area contributed by atoms with E-state index >= 15 is 0 Å². The Bertz CT molecular complexity index is 641. The molecule has 1 aliphatic rings. The van der Waals surface area contributed by atoms with Crippen molar-refractivity contribution in [2.45, 2.75) is 24.7 Å². The first-order valence-corrected chi connectivity index (χ1v) is 5.61. The van der Waals surface area contributed by atoms with Gasteiger partial charge in [-0.25, -0.2) is 9.67 Å². The van der Waals surface area contributed by atoms with E-state index in [4.69, 9.17) is 17.0 Å². The molecule has 2 aromatic rings. The van der Waals surface area contributed by atoms with Crippen molar-refractivity contribution in [3.63, 3.8) is 0 Å². The molecule has 0 amide bonds. The van der Waals surface area contributed by atoms with Crippen LogP contribution in [0.4, 0.5) is 0 Å². The molecule has 96 valence electrons. The van der Waals surface area contributed by atoms with Crippen LogP contribution in [-0.2, 0) is 4.74 Å². The zero-order valence-corrected chi connectivity index (χ0v) is 9.78. The summed E-state index contributed by atoms with van der Waals surface area (Å²) in [6, 6.07) is 0. The molecule has 9 heteroatoms. The van der Waals surface area contributed by atoms with Gasteiger partial charge in [-0.2, -0.15) is 5.10 Å². The SMILES string of the molecule is O[C@H]1[C@H](O)[C@@H](n2ncc3c(=S)nc[nH]c32)O[C@H]1O. The molecule has 8 nitrogen and oxygen atoms in total. The predicted molar refractivity (Wildman–Crippen MR) is 60.9 cm³/mol. The van der Waals surface area contributed by atoms with E-state index in [0.29, 0.717) is 15.7 Å². The summed E-state index contributed by atoms with van der Waals surface area (Å²) in [5, 5.41) is 33.2. The van der Waals surface area contributed by atoms with E-state index in [1.165, 1.54) is 17.2 Å². The van der Waals surface area contributed by atoms with Crippen LogP contribution >= 0.6 is 12.2 Å². The lowest BCUT2D eigenvalue weighted by Crippen LogP contribution is -2.31. The number of hydrogen-bond donors (Lipinski definition) is 4. The molecular weight excluding hydrogens is 260 g/mol. The Hall–Kier alpha value is -1.39. The van der Waals surface area contributed by atoms with Crippen LogP contribution in [0.15, 0.2) is 12.5 Å². The normalized spacial score (nSPS) is 32.2. The van der Waals surface area contributed by atoms with Gasteiger partial charge in [0.15, 0.2) is 12.5 Å². The van der Waals surface area contributed by atoms with Crippen LogP contribution in [0.2, 0.25) is 0 Å². The van der Waals surface area contributed by atoms with Crippen molar-refractivity contribution in [2.24, 2.45) is 0 Å². The Kier molecular flexibility index (Phi) is 2.64. The van der Waals surface area contributed by atoms with Gasteiger partial charge in [0.05, 0.1) is 17.9 Å². The summed E-state index contributed by atoms with van der Waals surface area (Å²) in [4.78, 5) is 6.74. The summed E-state index contributed by atoms with van der Waals surface area (Å²) >= 11 is 5.03. The van der Waals surface area contributed by atoms with Gasteiger partial charge in [-0.3, -0.25) is 0 Å². The number of rotatable bonds is 1. The standard InChI is InChI=1S/C9H10N4O4S/c14-4-5(15)9(16)17-8(4)13-6-3(1-12-13)7(18)11-2-10-6/h1-2,4-5,8-9,14-16H,(H,10,11,18)/t4-,5-,8-,9+/m0/s1. The predicted octanol–water partition coefficient (Wildman–Crippen LogP) is -0.942. The fourth-order valence-electron chi connectivity index (χ4n) is 1.92. The third kappa shape index (κ3) is 1.56. The highest BCUT2D eigenvalue weighted by Gasteiger charge is 2.43. The van der Waals surface area contributed by atoms with Gasteiger partial charge in [0, 0.05) is 0 Å². The van der Waals surface area contributed by atoms with E-state index in [2.05, 4.69) is 15.1 Å². The molecule has 0 radical (unpaired) electrons. The second-order valence-electron chi connectivity index (χ2n) is 3.96. The van der Waals surface area contributed by atoms with Crippen molar-refractivity contribution in [3.8, 4) is 0 Å². The Labute approximate surface area is 105 Å². The summed E-state index contributed by atoms with van der Waals surface area (Å²) < 4.78 is 6.74. The topological polar surface area (TPSA) is 116 Å². The average molecular weight is 270 g/mol. The number of aromatic amines is 1. The minimum atomic E-state index is -1.45. The summed E-state index contributed by atoms with van der Waals surface area (Å²) in [5.41, 5.74) is 0.500. The third-order valence-electron chi connectivity index (χ3n) is 2.86. The molecule has 1 saturated heterocycles. The van der Waals surface area contributed by atoms with Crippen molar-refractivity contribution < 1.29 is 20.1 Å². The number of aromatic nitrogens is 4. The maximum absolute atomic E-state index is 9.78. The summed E-state index contributed by atoms with van der Waals surface area (Å²) in [7, 11) is 0. The third-order valence-corrected chi connectivity index (χ3v) is 3.19. The highest BCUT2D eigenvalue weighted by molar-refractivity contribution is 7.71. The smallest absolute Gasteiger partial charge is 0.186 e. The van der Waals surface area contributed by atoms with Crippen molar-refractivity contribution in [2.75, 3.05) is 0 Å². The van der Waals surface area contributed by atoms with Crippen LogP contribution < -0.4 is 0 Å². The van der Waals surface area contributed by atoms with Gasteiger partial charge in [-0.15, -0.1) is 0 Å². The molecule has 0 spiro atoms. The zero-order valence-electron chi connectivity index (χ0n) is 8.96. The molecule has 18 heavy (non-hydrogen) atoms. The molecule has 4 N–H and O–H groups in total. The van der Waals surface area contributed by atoms with E-state index in [1.807, 2.05) is 0 Å². The molecule has 2 aromatic heterocycles. The molecule has 0 aromatic carbocycles. The van der Waals surface area contributed by atoms with Crippen LogP contribution in [0.25, 0.3) is 11.0 Å². The molecule has 0 unspecified atom stereocenters. The van der Waals surface area contributed by atoms with Gasteiger partial charge >= 0.3 is 0 Å². The second kappa shape index (κ2) is 4.07. The van der Waals surface area contributed by atoms with Gasteiger partial charge in [-0.05, 0) is 0 Å². The van der Waals surface area contributed by atoms with Gasteiger partial charge in [0.2, 0.25) is 0 Å². The first-order valence-electron chi connectivity index (χ1n) is 5.20. The van der Waals surface area contributed by atoms with E-state index in [-0.39, 0.29) is 0 Å². The lowest BCUT2D eigenvalue weighted by molar-refractivity contribution is -0.143. The van der Waals surface area contributed by atoms with E-state index < -0.39 is 24.7 Å². The van der Waals surface area contributed by atoms with Gasteiger partial charge in [-0.1, -0.05) is 12.2 Å². The highest BCUT2D eigenvalue weighted by Crippen LogP contribution is 2.29. The quantitative estimate of drug-likeness (QED) is 0.494. The number of fused-ring (bicyclic) bond motifs is 1. The fraction of sp³-hybridized carbons (Fsp3) is 0.444. The van der Waals surface area contributed by atoms with E-state index in [0.717, 1.165) is 0 Å². The van der Waals surface area contributed by atoms with Crippen LogP contribution in [0.1, 0.15) is 6.23 Å². The van der Waals surface area contributed by atoms with Crippen LogP contribution in [0.5, 0.6) is 0 Å². The maximum atomic E-state index is 9.78. The molecule has 1 aliphatic heterocycles. The Morgan fingerprint density at radius 2 is 2.11 bits per heavy atom. The van der Waals surface area contributed by atoms with Crippen molar-refractivity contribution in [3.05, 3.63) is 17.2 Å². The summed E-state index contributed by atoms with van der Waals surface area (Å²) in [5.74, 6) is 0. The number of nitrogens with one attached hydrogen (secondary N) is 1. The largest absolute Gasteiger partial charge is 0.385 e. The highest BCUT2D eigenvalue weighted by atomic mass is 32.1. The molecule has 0 aliphatic carbocycles. The number of H-pyrrole nitrogens is 1. The summed E-state index contributed by atoms with van der Waals surface area (Å²) in [6.07, 6.45) is -2.21. The monoisotopic (exact) mass is 270 g/mol. The Balaban J connectivity index is 2.11. The molecule has 0 bridgehead atoms. The average Bonchev–Trinajstić information content (AvgIpc) is 2.88. The van der Waals surface area contributed by atoms with E-state index in [9.17, 15) is 15.3 Å². The van der Waals surface area contributed by atoms with Crippen molar-refractivity contribution in [1.29, 1.82) is 0 Å². The van der Waals surface area contributed by atoms with Crippen LogP contribution in [0.3, 0.4) is 0 Å². The first-order chi connectivity index (χ1) is 8.59. The molecule has 3 heterocycles. The molecule has 4 atom stereocenters. The lowest BCUT2D eigenvalue weighted by atomic mass is 10.2. The summed E-state index contributed by atoms with van der Waals surface area (Å²) in [6.45, 7) is 0. The maximum Gasteiger partial charge on any atom is 0.186 e. The molecular formula is C9H10N4O4S. The van der Waals surface area contributed by atoms with Gasteiger partial charge in [0.1, 0.15) is 22.5 Å².